The molecule has 0 amide bonds. The predicted molar refractivity (Wildman–Crippen MR) is 78.5 cm³/mol. The highest BCUT2D eigenvalue weighted by Gasteiger charge is 2.19. The second-order valence-electron chi connectivity index (χ2n) is 4.57. The second kappa shape index (κ2) is 5.27. The fourth-order valence-electron chi connectivity index (χ4n) is 2.34. The first kappa shape index (κ1) is 13.2. The van der Waals surface area contributed by atoms with E-state index in [1.165, 1.54) is 12.1 Å². The van der Waals surface area contributed by atoms with Crippen LogP contribution in [0.4, 0.5) is 4.39 Å². The van der Waals surface area contributed by atoms with Gasteiger partial charge in [0.2, 0.25) is 0 Å². The van der Waals surface area contributed by atoms with E-state index in [0.717, 1.165) is 10.9 Å². The average molecular weight is 290 g/mol. The first-order valence-corrected chi connectivity index (χ1v) is 6.67. The fourth-order valence-corrected chi connectivity index (χ4v) is 2.58. The predicted octanol–water partition coefficient (Wildman–Crippen LogP) is 4.53. The van der Waals surface area contributed by atoms with E-state index in [1.807, 2.05) is 37.4 Å². The molecule has 3 aromatic rings. The highest BCUT2D eigenvalue weighted by atomic mass is 35.5. The quantitative estimate of drug-likeness (QED) is 0.766. The summed E-state index contributed by atoms with van der Waals surface area (Å²) in [6.07, 6.45) is 0. The number of nitrogens with one attached hydrogen (secondary N) is 1. The third kappa shape index (κ3) is 2.30. The van der Waals surface area contributed by atoms with Crippen LogP contribution in [0.2, 0.25) is 5.02 Å². The fraction of sp³-hybridized carbons (Fsp3) is 0.125. The van der Waals surface area contributed by atoms with Gasteiger partial charge in [-0.2, -0.15) is 0 Å². The van der Waals surface area contributed by atoms with Gasteiger partial charge in [-0.25, -0.2) is 4.39 Å². The van der Waals surface area contributed by atoms with Crippen LogP contribution < -0.4 is 5.32 Å². The molecule has 4 heteroatoms. The lowest BCUT2D eigenvalue weighted by Gasteiger charge is -2.15. The molecule has 2 aromatic carbocycles. The molecular weight excluding hydrogens is 277 g/mol. The molecule has 3 rings (SSSR count). The summed E-state index contributed by atoms with van der Waals surface area (Å²) in [5, 5.41) is 4.59. The van der Waals surface area contributed by atoms with Crippen molar-refractivity contribution >= 4 is 22.6 Å². The summed E-state index contributed by atoms with van der Waals surface area (Å²) in [6.45, 7) is 0. The van der Waals surface area contributed by atoms with Gasteiger partial charge in [0.1, 0.15) is 17.2 Å². The summed E-state index contributed by atoms with van der Waals surface area (Å²) in [6, 6.07) is 13.7. The molecule has 0 saturated heterocycles. The standard InChI is InChI=1S/C16H13ClFNO/c1-19-16(12-4-2-3-5-13(12)17)15-9-10-8-11(18)6-7-14(10)20-15/h2-9,16,19H,1H3. The van der Waals surface area contributed by atoms with E-state index in [0.29, 0.717) is 16.4 Å². The van der Waals surface area contributed by atoms with E-state index in [-0.39, 0.29) is 11.9 Å². The van der Waals surface area contributed by atoms with Gasteiger partial charge in [0.15, 0.2) is 0 Å². The van der Waals surface area contributed by atoms with Gasteiger partial charge in [0, 0.05) is 10.4 Å². The minimum absolute atomic E-state index is 0.167. The summed E-state index contributed by atoms with van der Waals surface area (Å²) < 4.78 is 19.0. The Bertz CT molecular complexity index is 753. The maximum absolute atomic E-state index is 13.2. The van der Waals surface area contributed by atoms with Crippen molar-refractivity contribution in [2.24, 2.45) is 0 Å². The van der Waals surface area contributed by atoms with E-state index in [4.69, 9.17) is 16.0 Å². The third-order valence-electron chi connectivity index (χ3n) is 3.29. The number of furan rings is 1. The van der Waals surface area contributed by atoms with Crippen molar-refractivity contribution < 1.29 is 8.81 Å². The normalized spacial score (nSPS) is 12.8. The molecule has 1 heterocycles. The monoisotopic (exact) mass is 289 g/mol. The van der Waals surface area contributed by atoms with Gasteiger partial charge in [-0.15, -0.1) is 0 Å². The van der Waals surface area contributed by atoms with Gasteiger partial charge in [0.05, 0.1) is 6.04 Å². The van der Waals surface area contributed by atoms with E-state index in [2.05, 4.69) is 5.32 Å². The minimum Gasteiger partial charge on any atom is -0.459 e. The molecular formula is C16H13ClFNO. The van der Waals surface area contributed by atoms with Crippen LogP contribution in [0.5, 0.6) is 0 Å². The number of rotatable bonds is 3. The lowest BCUT2D eigenvalue weighted by Crippen LogP contribution is -2.17. The Morgan fingerprint density at radius 2 is 1.95 bits per heavy atom. The number of benzene rings is 2. The molecule has 0 saturated carbocycles. The number of fused-ring (bicyclic) bond motifs is 1. The van der Waals surface area contributed by atoms with Gasteiger partial charge >= 0.3 is 0 Å². The summed E-state index contributed by atoms with van der Waals surface area (Å²) in [7, 11) is 1.84. The molecule has 0 spiro atoms. The summed E-state index contributed by atoms with van der Waals surface area (Å²) in [4.78, 5) is 0. The molecule has 0 radical (unpaired) electrons. The van der Waals surface area contributed by atoms with Crippen molar-refractivity contribution in [3.8, 4) is 0 Å². The van der Waals surface area contributed by atoms with Crippen LogP contribution in [-0.2, 0) is 0 Å². The third-order valence-corrected chi connectivity index (χ3v) is 3.63. The van der Waals surface area contributed by atoms with E-state index in [1.54, 1.807) is 6.07 Å². The molecule has 0 bridgehead atoms. The maximum Gasteiger partial charge on any atom is 0.134 e. The van der Waals surface area contributed by atoms with Crippen LogP contribution in [0, 0.1) is 5.82 Å². The molecule has 102 valence electrons. The summed E-state index contributed by atoms with van der Waals surface area (Å²) in [5.41, 5.74) is 1.59. The highest BCUT2D eigenvalue weighted by molar-refractivity contribution is 6.31. The molecule has 1 N–H and O–H groups in total. The van der Waals surface area contributed by atoms with E-state index in [9.17, 15) is 4.39 Å². The molecule has 1 aromatic heterocycles. The first-order chi connectivity index (χ1) is 9.69. The van der Waals surface area contributed by atoms with Crippen molar-refractivity contribution in [1.82, 2.24) is 5.32 Å². The molecule has 1 atom stereocenters. The van der Waals surface area contributed by atoms with Gasteiger partial charge < -0.3 is 9.73 Å². The highest BCUT2D eigenvalue weighted by Crippen LogP contribution is 2.31. The van der Waals surface area contributed by atoms with E-state index >= 15 is 0 Å². The van der Waals surface area contributed by atoms with Crippen LogP contribution in [0.3, 0.4) is 0 Å². The lowest BCUT2D eigenvalue weighted by atomic mass is 10.0. The Hall–Kier alpha value is -1.84. The number of hydrogen-bond donors (Lipinski definition) is 1. The van der Waals surface area contributed by atoms with Gasteiger partial charge in [-0.3, -0.25) is 0 Å². The molecule has 20 heavy (non-hydrogen) atoms. The Labute approximate surface area is 121 Å². The van der Waals surface area contributed by atoms with Crippen LogP contribution >= 0.6 is 11.6 Å². The zero-order valence-corrected chi connectivity index (χ0v) is 11.6. The number of halogens is 2. The SMILES string of the molecule is CNC(c1cc2cc(F)ccc2o1)c1ccccc1Cl. The van der Waals surface area contributed by atoms with Gasteiger partial charge in [-0.05, 0) is 42.9 Å². The number of hydrogen-bond acceptors (Lipinski definition) is 2. The molecule has 0 fully saturated rings. The lowest BCUT2D eigenvalue weighted by molar-refractivity contribution is 0.491. The van der Waals surface area contributed by atoms with Crippen LogP contribution in [0.15, 0.2) is 52.9 Å². The zero-order valence-electron chi connectivity index (χ0n) is 10.9. The maximum atomic E-state index is 13.2. The molecule has 0 aliphatic carbocycles. The Morgan fingerprint density at radius 3 is 2.70 bits per heavy atom. The van der Waals surface area contributed by atoms with Gasteiger partial charge in [-0.1, -0.05) is 29.8 Å². The van der Waals surface area contributed by atoms with Crippen LogP contribution in [0.1, 0.15) is 17.4 Å². The summed E-state index contributed by atoms with van der Waals surface area (Å²) >= 11 is 6.23. The second-order valence-corrected chi connectivity index (χ2v) is 4.98. The topological polar surface area (TPSA) is 25.2 Å². The van der Waals surface area contributed by atoms with Crippen molar-refractivity contribution in [2.75, 3.05) is 7.05 Å². The van der Waals surface area contributed by atoms with E-state index < -0.39 is 0 Å². The summed E-state index contributed by atoms with van der Waals surface area (Å²) in [5.74, 6) is 0.435. The Balaban J connectivity index is 2.10. The smallest absolute Gasteiger partial charge is 0.134 e. The van der Waals surface area contributed by atoms with Crippen molar-refractivity contribution in [3.63, 3.8) is 0 Å². The van der Waals surface area contributed by atoms with Crippen molar-refractivity contribution in [2.45, 2.75) is 6.04 Å². The zero-order chi connectivity index (χ0) is 14.1. The molecule has 0 aliphatic heterocycles. The van der Waals surface area contributed by atoms with Crippen molar-refractivity contribution in [1.29, 1.82) is 0 Å². The molecule has 1 unspecified atom stereocenters. The van der Waals surface area contributed by atoms with Crippen LogP contribution in [-0.4, -0.2) is 7.05 Å². The van der Waals surface area contributed by atoms with Crippen LogP contribution in [0.25, 0.3) is 11.0 Å². The van der Waals surface area contributed by atoms with Gasteiger partial charge in [0.25, 0.3) is 0 Å². The Kier molecular flexibility index (Phi) is 3.47. The molecule has 0 aliphatic rings. The molecule has 2 nitrogen and oxygen atoms in total. The average Bonchev–Trinajstić information content (AvgIpc) is 2.84. The first-order valence-electron chi connectivity index (χ1n) is 6.29. The largest absolute Gasteiger partial charge is 0.459 e. The van der Waals surface area contributed by atoms with Crippen molar-refractivity contribution in [3.05, 3.63) is 70.7 Å². The Morgan fingerprint density at radius 1 is 1.15 bits per heavy atom. The minimum atomic E-state index is -0.274.